The average molecular weight is 420 g/mol. The lowest BCUT2D eigenvalue weighted by molar-refractivity contribution is -0.137. The van der Waals surface area contributed by atoms with Crippen LogP contribution in [-0.4, -0.2) is 23.2 Å². The number of aromatic nitrogens is 2. The number of carbonyl (C=O) groups is 1. The van der Waals surface area contributed by atoms with E-state index in [9.17, 15) is 22.4 Å². The Bertz CT molecular complexity index is 1070. The maximum absolute atomic E-state index is 13.3. The molecule has 10 heteroatoms. The van der Waals surface area contributed by atoms with Crippen LogP contribution in [0.4, 0.5) is 34.8 Å². The molecule has 6 nitrogen and oxygen atoms in total. The fourth-order valence-corrected chi connectivity index (χ4v) is 2.61. The molecule has 1 heterocycles. The number of nitrogens with one attached hydrogen (secondary N) is 2. The Hall–Kier alpha value is -3.69. The Kier molecular flexibility index (Phi) is 5.86. The molecule has 0 aliphatic rings. The zero-order valence-corrected chi connectivity index (χ0v) is 15.8. The van der Waals surface area contributed by atoms with Gasteiger partial charge in [0.1, 0.15) is 5.82 Å². The summed E-state index contributed by atoms with van der Waals surface area (Å²) < 4.78 is 57.8. The summed E-state index contributed by atoms with van der Waals surface area (Å²) in [6.07, 6.45) is -4.61. The van der Waals surface area contributed by atoms with Crippen LogP contribution in [0.2, 0.25) is 0 Å². The Balaban J connectivity index is 1.96. The van der Waals surface area contributed by atoms with Crippen molar-refractivity contribution in [1.29, 1.82) is 0 Å². The number of aryl methyl sites for hydroxylation is 1. The lowest BCUT2D eigenvalue weighted by Crippen LogP contribution is -2.16. The molecule has 2 N–H and O–H groups in total. The lowest BCUT2D eigenvalue weighted by atomic mass is 10.1. The van der Waals surface area contributed by atoms with Crippen molar-refractivity contribution in [2.45, 2.75) is 13.1 Å². The van der Waals surface area contributed by atoms with Gasteiger partial charge in [-0.3, -0.25) is 4.79 Å². The third kappa shape index (κ3) is 4.83. The van der Waals surface area contributed by atoms with Crippen molar-refractivity contribution in [3.05, 3.63) is 71.0 Å². The summed E-state index contributed by atoms with van der Waals surface area (Å²) in [5.74, 6) is -0.870. The SMILES string of the molecule is COc1ccc(NC(=O)c2ccc(C(F)(F)F)cc2Nc2ccc(F)cc2C)nn1. The molecule has 0 aliphatic carbocycles. The van der Waals surface area contributed by atoms with Gasteiger partial charge in [0, 0.05) is 11.8 Å². The first-order valence-corrected chi connectivity index (χ1v) is 8.61. The quantitative estimate of drug-likeness (QED) is 0.572. The number of anilines is 3. The molecule has 1 aromatic heterocycles. The van der Waals surface area contributed by atoms with E-state index in [2.05, 4.69) is 20.8 Å². The highest BCUT2D eigenvalue weighted by molar-refractivity contribution is 6.08. The van der Waals surface area contributed by atoms with E-state index in [0.29, 0.717) is 11.3 Å². The molecule has 156 valence electrons. The van der Waals surface area contributed by atoms with Gasteiger partial charge in [0.2, 0.25) is 5.88 Å². The van der Waals surface area contributed by atoms with Gasteiger partial charge in [-0.25, -0.2) is 4.39 Å². The standard InChI is InChI=1S/C20H16F4N4O2/c1-11-9-13(21)4-6-15(11)25-16-10-12(20(22,23)24)3-5-14(16)19(29)26-17-7-8-18(30-2)28-27-17/h3-10,25H,1-2H3,(H,26,27,29). The second-order valence-electron chi connectivity index (χ2n) is 6.26. The van der Waals surface area contributed by atoms with Gasteiger partial charge in [0.05, 0.1) is 23.9 Å². The van der Waals surface area contributed by atoms with Gasteiger partial charge in [0.15, 0.2) is 5.82 Å². The number of benzene rings is 2. The first kappa shape index (κ1) is 21.0. The fourth-order valence-electron chi connectivity index (χ4n) is 2.61. The average Bonchev–Trinajstić information content (AvgIpc) is 2.70. The molecule has 0 fully saturated rings. The van der Waals surface area contributed by atoms with Gasteiger partial charge in [-0.2, -0.15) is 13.2 Å². The van der Waals surface area contributed by atoms with Crippen LogP contribution in [0.25, 0.3) is 0 Å². The van der Waals surface area contributed by atoms with Crippen molar-refractivity contribution >= 4 is 23.1 Å². The highest BCUT2D eigenvalue weighted by Crippen LogP contribution is 2.34. The molecule has 3 rings (SSSR count). The van der Waals surface area contributed by atoms with E-state index in [0.717, 1.165) is 24.3 Å². The number of alkyl halides is 3. The number of amides is 1. The van der Waals surface area contributed by atoms with Crippen LogP contribution >= 0.6 is 0 Å². The first-order valence-electron chi connectivity index (χ1n) is 8.61. The van der Waals surface area contributed by atoms with Crippen LogP contribution in [0.5, 0.6) is 5.88 Å². The molecule has 0 bridgehead atoms. The molecule has 0 aliphatic heterocycles. The summed E-state index contributed by atoms with van der Waals surface area (Å²) in [6.45, 7) is 1.59. The minimum absolute atomic E-state index is 0.0654. The molecule has 0 spiro atoms. The number of methoxy groups -OCH3 is 1. The van der Waals surface area contributed by atoms with Crippen LogP contribution in [0, 0.1) is 12.7 Å². The number of ether oxygens (including phenoxy) is 1. The topological polar surface area (TPSA) is 76.1 Å². The van der Waals surface area contributed by atoms with Crippen molar-refractivity contribution < 1.29 is 27.1 Å². The predicted molar refractivity (Wildman–Crippen MR) is 102 cm³/mol. The zero-order valence-electron chi connectivity index (χ0n) is 15.8. The summed E-state index contributed by atoms with van der Waals surface area (Å²) in [6, 6.07) is 9.34. The molecule has 1 amide bonds. The minimum Gasteiger partial charge on any atom is -0.480 e. The second-order valence-corrected chi connectivity index (χ2v) is 6.26. The van der Waals surface area contributed by atoms with Crippen LogP contribution < -0.4 is 15.4 Å². The van der Waals surface area contributed by atoms with Gasteiger partial charge in [-0.15, -0.1) is 10.2 Å². The summed E-state index contributed by atoms with van der Waals surface area (Å²) in [5, 5.41) is 12.7. The number of nitrogens with zero attached hydrogens (tertiary/aromatic N) is 2. The van der Waals surface area contributed by atoms with E-state index in [1.54, 1.807) is 6.92 Å². The maximum Gasteiger partial charge on any atom is 0.416 e. The highest BCUT2D eigenvalue weighted by atomic mass is 19.4. The largest absolute Gasteiger partial charge is 0.480 e. The van der Waals surface area contributed by atoms with E-state index in [-0.39, 0.29) is 22.9 Å². The minimum atomic E-state index is -4.61. The monoisotopic (exact) mass is 420 g/mol. The van der Waals surface area contributed by atoms with Crippen molar-refractivity contribution in [1.82, 2.24) is 10.2 Å². The third-order valence-corrected chi connectivity index (χ3v) is 4.14. The van der Waals surface area contributed by atoms with Crippen molar-refractivity contribution in [2.75, 3.05) is 17.7 Å². The third-order valence-electron chi connectivity index (χ3n) is 4.14. The fraction of sp³-hybridized carbons (Fsp3) is 0.150. The number of hydrogen-bond acceptors (Lipinski definition) is 5. The molecule has 0 atom stereocenters. The lowest BCUT2D eigenvalue weighted by Gasteiger charge is -2.16. The molecular formula is C20H16F4N4O2. The molecule has 0 radical (unpaired) electrons. The van der Waals surface area contributed by atoms with E-state index in [1.165, 1.54) is 31.4 Å². The molecule has 2 aromatic carbocycles. The molecular weight excluding hydrogens is 404 g/mol. The smallest absolute Gasteiger partial charge is 0.416 e. The number of hydrogen-bond donors (Lipinski definition) is 2. The summed E-state index contributed by atoms with van der Waals surface area (Å²) in [4.78, 5) is 12.7. The Labute approximate surface area is 168 Å². The predicted octanol–water partition coefficient (Wildman–Crippen LogP) is 4.95. The van der Waals surface area contributed by atoms with Gasteiger partial charge in [-0.05, 0) is 55.0 Å². The Morgan fingerprint density at radius 2 is 1.77 bits per heavy atom. The van der Waals surface area contributed by atoms with Crippen LogP contribution in [-0.2, 0) is 6.18 Å². The van der Waals surface area contributed by atoms with Gasteiger partial charge < -0.3 is 15.4 Å². The molecule has 0 saturated heterocycles. The summed E-state index contributed by atoms with van der Waals surface area (Å²) in [5.41, 5.74) is -0.290. The first-order chi connectivity index (χ1) is 14.2. The van der Waals surface area contributed by atoms with E-state index >= 15 is 0 Å². The maximum atomic E-state index is 13.3. The van der Waals surface area contributed by atoms with Crippen LogP contribution in [0.3, 0.4) is 0 Å². The summed E-state index contributed by atoms with van der Waals surface area (Å²) in [7, 11) is 1.40. The van der Waals surface area contributed by atoms with Crippen molar-refractivity contribution in [2.24, 2.45) is 0 Å². The summed E-state index contributed by atoms with van der Waals surface area (Å²) >= 11 is 0. The highest BCUT2D eigenvalue weighted by Gasteiger charge is 2.31. The van der Waals surface area contributed by atoms with E-state index < -0.39 is 23.5 Å². The van der Waals surface area contributed by atoms with Crippen molar-refractivity contribution in [3.8, 4) is 5.88 Å². The van der Waals surface area contributed by atoms with Crippen molar-refractivity contribution in [3.63, 3.8) is 0 Å². The Morgan fingerprint density at radius 3 is 2.37 bits per heavy atom. The van der Waals surface area contributed by atoms with Crippen LogP contribution in [0.15, 0.2) is 48.5 Å². The second kappa shape index (κ2) is 8.36. The molecule has 0 unspecified atom stereocenters. The Morgan fingerprint density at radius 1 is 1.00 bits per heavy atom. The number of carbonyl (C=O) groups excluding carboxylic acids is 1. The zero-order chi connectivity index (χ0) is 21.9. The van der Waals surface area contributed by atoms with Crippen LogP contribution in [0.1, 0.15) is 21.5 Å². The number of rotatable bonds is 5. The van der Waals surface area contributed by atoms with E-state index in [4.69, 9.17) is 4.74 Å². The van der Waals surface area contributed by atoms with Gasteiger partial charge in [-0.1, -0.05) is 0 Å². The van der Waals surface area contributed by atoms with Gasteiger partial charge >= 0.3 is 6.18 Å². The number of halogens is 4. The molecule has 30 heavy (non-hydrogen) atoms. The molecule has 3 aromatic rings. The van der Waals surface area contributed by atoms with E-state index in [1.807, 2.05) is 0 Å². The van der Waals surface area contributed by atoms with Gasteiger partial charge in [0.25, 0.3) is 5.91 Å². The molecule has 0 saturated carbocycles. The normalized spacial score (nSPS) is 11.1.